The molecule has 0 heterocycles. The Kier molecular flexibility index (Phi) is 2.96. The average Bonchev–Trinajstić information content (AvgIpc) is 2.66. The molecule has 1 aliphatic carbocycles. The van der Waals surface area contributed by atoms with Crippen LogP contribution in [0.15, 0.2) is 60.7 Å². The Hall–Kier alpha value is -3.26. The summed E-state index contributed by atoms with van der Waals surface area (Å²) < 4.78 is 0. The van der Waals surface area contributed by atoms with Crippen LogP contribution in [0.1, 0.15) is 43.0 Å². The van der Waals surface area contributed by atoms with Crippen LogP contribution in [0, 0.1) is 13.8 Å². The number of rotatable bonds is 0. The predicted octanol–water partition coefficient (Wildman–Crippen LogP) is 5.39. The Labute approximate surface area is 151 Å². The predicted molar refractivity (Wildman–Crippen MR) is 104 cm³/mol. The maximum Gasteiger partial charge on any atom is 0.195 e. The fourth-order valence-electron chi connectivity index (χ4n) is 4.27. The van der Waals surface area contributed by atoms with Crippen LogP contribution < -0.4 is 0 Å². The molecule has 0 aromatic heterocycles. The van der Waals surface area contributed by atoms with E-state index in [9.17, 15) is 9.59 Å². The smallest absolute Gasteiger partial charge is 0.195 e. The second-order valence-corrected chi connectivity index (χ2v) is 6.95. The summed E-state index contributed by atoms with van der Waals surface area (Å²) in [4.78, 5) is 26.7. The van der Waals surface area contributed by atoms with Crippen LogP contribution in [0.2, 0.25) is 0 Å². The molecule has 0 aliphatic heterocycles. The molecule has 26 heavy (non-hydrogen) atoms. The summed E-state index contributed by atoms with van der Waals surface area (Å²) in [5, 5.41) is 4.03. The molecular weight excluding hydrogens is 320 g/mol. The molecule has 0 unspecified atom stereocenters. The summed E-state index contributed by atoms with van der Waals surface area (Å²) in [7, 11) is 0. The standard InChI is InChI=1S/C24H16O2/c1-13-17-9-5-3-7-15(17)11-19-21(13)24(26)22-14(2)18-10-6-4-8-16(18)12-20(22)23(19)25/h3-12H,1-2H3. The van der Waals surface area contributed by atoms with E-state index in [0.29, 0.717) is 22.3 Å². The molecule has 0 spiro atoms. The van der Waals surface area contributed by atoms with Crippen LogP contribution in [0.4, 0.5) is 0 Å². The molecule has 0 saturated carbocycles. The van der Waals surface area contributed by atoms with E-state index in [1.54, 1.807) is 0 Å². The molecule has 124 valence electrons. The van der Waals surface area contributed by atoms with E-state index in [-0.39, 0.29) is 11.6 Å². The lowest BCUT2D eigenvalue weighted by atomic mass is 9.77. The number of fused-ring (bicyclic) bond motifs is 4. The molecule has 2 nitrogen and oxygen atoms in total. The van der Waals surface area contributed by atoms with Gasteiger partial charge in [0.05, 0.1) is 0 Å². The third-order valence-electron chi connectivity index (χ3n) is 5.56. The van der Waals surface area contributed by atoms with E-state index >= 15 is 0 Å². The van der Waals surface area contributed by atoms with E-state index in [2.05, 4.69) is 0 Å². The zero-order valence-corrected chi connectivity index (χ0v) is 14.6. The SMILES string of the molecule is Cc1c2c(cc3ccccc13)C(=O)c1cc3ccccc3c(C)c1C2=O. The molecule has 0 N–H and O–H groups in total. The van der Waals surface area contributed by atoms with Crippen molar-refractivity contribution in [2.24, 2.45) is 0 Å². The van der Waals surface area contributed by atoms with Gasteiger partial charge in [0.1, 0.15) is 0 Å². The van der Waals surface area contributed by atoms with Crippen molar-refractivity contribution >= 4 is 33.1 Å². The number of hydrogen-bond donors (Lipinski definition) is 0. The number of ketones is 2. The molecule has 0 amide bonds. The molecule has 0 fully saturated rings. The van der Waals surface area contributed by atoms with Crippen molar-refractivity contribution in [3.8, 4) is 0 Å². The number of carbonyl (C=O) groups is 2. The lowest BCUT2D eigenvalue weighted by Gasteiger charge is -2.23. The fourth-order valence-corrected chi connectivity index (χ4v) is 4.27. The maximum absolute atomic E-state index is 13.4. The van der Waals surface area contributed by atoms with Gasteiger partial charge < -0.3 is 0 Å². The minimum atomic E-state index is -0.0580. The van der Waals surface area contributed by atoms with Crippen molar-refractivity contribution in [3.05, 3.63) is 94.0 Å². The van der Waals surface area contributed by atoms with Gasteiger partial charge in [0, 0.05) is 22.3 Å². The highest BCUT2D eigenvalue weighted by Crippen LogP contribution is 2.37. The summed E-state index contributed by atoms with van der Waals surface area (Å²) in [6.45, 7) is 3.88. The Morgan fingerprint density at radius 1 is 0.577 bits per heavy atom. The summed E-state index contributed by atoms with van der Waals surface area (Å²) in [5.74, 6) is -0.0987. The van der Waals surface area contributed by atoms with Gasteiger partial charge in [-0.1, -0.05) is 48.5 Å². The molecule has 1 aliphatic rings. The molecule has 4 aromatic carbocycles. The molecule has 0 saturated heterocycles. The Morgan fingerprint density at radius 3 is 1.46 bits per heavy atom. The van der Waals surface area contributed by atoms with Crippen LogP contribution in [-0.2, 0) is 0 Å². The fraction of sp³-hybridized carbons (Fsp3) is 0.0833. The highest BCUT2D eigenvalue weighted by atomic mass is 16.1. The number of benzene rings is 4. The summed E-state index contributed by atoms with van der Waals surface area (Å²) in [6.07, 6.45) is 0. The van der Waals surface area contributed by atoms with Gasteiger partial charge in [-0.05, 0) is 58.7 Å². The highest BCUT2D eigenvalue weighted by molar-refractivity contribution is 6.32. The van der Waals surface area contributed by atoms with Gasteiger partial charge in [-0.15, -0.1) is 0 Å². The first-order valence-electron chi connectivity index (χ1n) is 8.72. The summed E-state index contributed by atoms with van der Waals surface area (Å²) >= 11 is 0. The van der Waals surface area contributed by atoms with E-state index < -0.39 is 0 Å². The quantitative estimate of drug-likeness (QED) is 0.380. The lowest BCUT2D eigenvalue weighted by Crippen LogP contribution is -2.23. The van der Waals surface area contributed by atoms with E-state index in [4.69, 9.17) is 0 Å². The Balaban J connectivity index is 1.92. The summed E-state index contributed by atoms with van der Waals surface area (Å²) in [5.41, 5.74) is 3.92. The van der Waals surface area contributed by atoms with E-state index in [1.165, 1.54) is 0 Å². The monoisotopic (exact) mass is 336 g/mol. The molecule has 0 atom stereocenters. The minimum Gasteiger partial charge on any atom is -0.289 e. The van der Waals surface area contributed by atoms with Crippen molar-refractivity contribution in [2.45, 2.75) is 13.8 Å². The van der Waals surface area contributed by atoms with Crippen LogP contribution in [0.5, 0.6) is 0 Å². The summed E-state index contributed by atoms with van der Waals surface area (Å²) in [6, 6.07) is 19.5. The maximum atomic E-state index is 13.4. The number of carbonyl (C=O) groups excluding carboxylic acids is 2. The van der Waals surface area contributed by atoms with Gasteiger partial charge in [0.15, 0.2) is 11.6 Å². The van der Waals surface area contributed by atoms with Crippen LogP contribution in [0.3, 0.4) is 0 Å². The van der Waals surface area contributed by atoms with Crippen LogP contribution in [0.25, 0.3) is 21.5 Å². The molecule has 2 heteroatoms. The van der Waals surface area contributed by atoms with Gasteiger partial charge in [-0.2, -0.15) is 0 Å². The Morgan fingerprint density at radius 2 is 1.00 bits per heavy atom. The van der Waals surface area contributed by atoms with Crippen molar-refractivity contribution in [2.75, 3.05) is 0 Å². The zero-order valence-electron chi connectivity index (χ0n) is 14.6. The highest BCUT2D eigenvalue weighted by Gasteiger charge is 2.33. The van der Waals surface area contributed by atoms with Gasteiger partial charge in [-0.25, -0.2) is 0 Å². The normalized spacial score (nSPS) is 13.2. The van der Waals surface area contributed by atoms with Gasteiger partial charge in [0.2, 0.25) is 0 Å². The Bertz CT molecular complexity index is 1180. The largest absolute Gasteiger partial charge is 0.289 e. The van der Waals surface area contributed by atoms with Gasteiger partial charge >= 0.3 is 0 Å². The molecular formula is C24H16O2. The van der Waals surface area contributed by atoms with E-state index in [1.807, 2.05) is 74.5 Å². The zero-order chi connectivity index (χ0) is 18.0. The van der Waals surface area contributed by atoms with Gasteiger partial charge in [-0.3, -0.25) is 9.59 Å². The second kappa shape index (κ2) is 5.12. The third kappa shape index (κ3) is 1.81. The van der Waals surface area contributed by atoms with Crippen molar-refractivity contribution in [3.63, 3.8) is 0 Å². The van der Waals surface area contributed by atoms with Crippen molar-refractivity contribution in [1.29, 1.82) is 0 Å². The van der Waals surface area contributed by atoms with Gasteiger partial charge in [0.25, 0.3) is 0 Å². The number of aryl methyl sites for hydroxylation is 2. The van der Waals surface area contributed by atoms with Crippen LogP contribution >= 0.6 is 0 Å². The molecule has 5 rings (SSSR count). The minimum absolute atomic E-state index is 0.0406. The van der Waals surface area contributed by atoms with Crippen molar-refractivity contribution < 1.29 is 9.59 Å². The van der Waals surface area contributed by atoms with Crippen LogP contribution in [-0.4, -0.2) is 11.6 Å². The molecule has 4 aromatic rings. The average molecular weight is 336 g/mol. The first kappa shape index (κ1) is 15.0. The third-order valence-corrected chi connectivity index (χ3v) is 5.56. The molecule has 0 radical (unpaired) electrons. The molecule has 0 bridgehead atoms. The lowest BCUT2D eigenvalue weighted by molar-refractivity contribution is 0.0978. The first-order valence-corrected chi connectivity index (χ1v) is 8.72. The topological polar surface area (TPSA) is 34.1 Å². The number of hydrogen-bond acceptors (Lipinski definition) is 2. The van der Waals surface area contributed by atoms with E-state index in [0.717, 1.165) is 32.7 Å². The first-order chi connectivity index (χ1) is 12.6. The van der Waals surface area contributed by atoms with Crippen molar-refractivity contribution in [1.82, 2.24) is 0 Å². The second-order valence-electron chi connectivity index (χ2n) is 6.95.